The van der Waals surface area contributed by atoms with Gasteiger partial charge in [-0.15, -0.1) is 11.3 Å². The van der Waals surface area contributed by atoms with Crippen LogP contribution in [0.15, 0.2) is 57.9 Å². The molecular weight excluding hydrogens is 476 g/mol. The molecule has 12 heteroatoms. The second-order valence-electron chi connectivity index (χ2n) is 8.10. The number of thiophene rings is 1. The normalized spacial score (nSPS) is 17.1. The van der Waals surface area contributed by atoms with Crippen molar-refractivity contribution in [1.29, 1.82) is 0 Å². The van der Waals surface area contributed by atoms with Gasteiger partial charge in [0, 0.05) is 18.0 Å². The summed E-state index contributed by atoms with van der Waals surface area (Å²) in [6.45, 7) is 2.37. The summed E-state index contributed by atoms with van der Waals surface area (Å²) in [6.07, 6.45) is 3.91. The van der Waals surface area contributed by atoms with Crippen molar-refractivity contribution in [2.75, 3.05) is 18.4 Å². The van der Waals surface area contributed by atoms with Crippen LogP contribution in [0.5, 0.6) is 0 Å². The molecule has 0 spiro atoms. The van der Waals surface area contributed by atoms with Gasteiger partial charge in [0.05, 0.1) is 29.8 Å². The fourth-order valence-corrected chi connectivity index (χ4v) is 7.05. The molecule has 0 saturated carbocycles. The number of aryl methyl sites for hydroxylation is 1. The summed E-state index contributed by atoms with van der Waals surface area (Å²) in [4.78, 5) is 32.9. The van der Waals surface area contributed by atoms with E-state index < -0.39 is 15.9 Å². The molecule has 0 radical (unpaired) electrons. The Balaban J connectivity index is 1.39. The Morgan fingerprint density at radius 3 is 2.85 bits per heavy atom. The first kappa shape index (κ1) is 22.4. The quantitative estimate of drug-likeness (QED) is 0.435. The molecule has 1 aliphatic heterocycles. The summed E-state index contributed by atoms with van der Waals surface area (Å²) in [5.74, 6) is -0.759. The molecule has 2 N–H and O–H groups in total. The summed E-state index contributed by atoms with van der Waals surface area (Å²) in [5, 5.41) is 7.55. The number of nitrogens with one attached hydrogen (secondary N) is 2. The molecule has 1 aromatic carbocycles. The van der Waals surface area contributed by atoms with E-state index in [1.54, 1.807) is 36.4 Å². The number of carbonyl (C=O) groups is 1. The number of rotatable bonds is 5. The first-order valence-corrected chi connectivity index (χ1v) is 13.0. The zero-order valence-corrected chi connectivity index (χ0v) is 19.9. The zero-order valence-electron chi connectivity index (χ0n) is 18.3. The number of piperidine rings is 1. The van der Waals surface area contributed by atoms with E-state index in [1.165, 1.54) is 32.8 Å². The van der Waals surface area contributed by atoms with Gasteiger partial charge in [-0.3, -0.25) is 9.59 Å². The predicted octanol–water partition coefficient (Wildman–Crippen LogP) is 2.52. The Bertz CT molecular complexity index is 1540. The maximum atomic E-state index is 13.2. The summed E-state index contributed by atoms with van der Waals surface area (Å²) < 4.78 is 29.3. The highest BCUT2D eigenvalue weighted by Crippen LogP contribution is 2.29. The van der Waals surface area contributed by atoms with Crippen LogP contribution in [0.2, 0.25) is 0 Å². The molecule has 1 saturated heterocycles. The molecule has 1 atom stereocenters. The van der Waals surface area contributed by atoms with Crippen molar-refractivity contribution >= 4 is 44.0 Å². The molecule has 10 nitrogen and oxygen atoms in total. The van der Waals surface area contributed by atoms with Crippen molar-refractivity contribution in [2.45, 2.75) is 24.0 Å². The third-order valence-corrected chi connectivity index (χ3v) is 9.16. The van der Waals surface area contributed by atoms with Crippen LogP contribution < -0.4 is 10.9 Å². The second-order valence-corrected chi connectivity index (χ2v) is 11.6. The van der Waals surface area contributed by atoms with Gasteiger partial charge in [0.15, 0.2) is 5.65 Å². The average molecular weight is 499 g/mol. The van der Waals surface area contributed by atoms with E-state index in [9.17, 15) is 18.0 Å². The Kier molecular flexibility index (Phi) is 5.80. The number of aromatic amines is 1. The molecule has 4 heterocycles. The van der Waals surface area contributed by atoms with E-state index in [0.29, 0.717) is 46.0 Å². The number of H-pyrrole nitrogens is 1. The third kappa shape index (κ3) is 4.04. The lowest BCUT2D eigenvalue weighted by Crippen LogP contribution is -2.43. The van der Waals surface area contributed by atoms with E-state index in [1.807, 2.05) is 6.92 Å². The number of anilines is 1. The van der Waals surface area contributed by atoms with Gasteiger partial charge in [-0.1, -0.05) is 12.1 Å². The summed E-state index contributed by atoms with van der Waals surface area (Å²) in [7, 11) is -3.64. The van der Waals surface area contributed by atoms with Crippen molar-refractivity contribution in [3.05, 3.63) is 64.2 Å². The van der Waals surface area contributed by atoms with E-state index in [2.05, 4.69) is 20.4 Å². The standard InChI is InChI=1S/C22H22N6O4S2/c1-14-8-9-19(33-14)34(31,32)27-10-4-5-15(12-27)21(29)26-17-6-2-3-7-18(17)28-20-16(11-25-28)22(30)24-13-23-20/h2-3,6-9,11,13,15H,4-5,10,12H2,1H3,(H,26,29)(H,23,24,30). The molecule has 1 unspecified atom stereocenters. The van der Waals surface area contributed by atoms with Crippen molar-refractivity contribution in [1.82, 2.24) is 24.1 Å². The van der Waals surface area contributed by atoms with Crippen molar-refractivity contribution < 1.29 is 13.2 Å². The molecular formula is C22H22N6O4S2. The van der Waals surface area contributed by atoms with Gasteiger partial charge in [-0.05, 0) is 44.0 Å². The van der Waals surface area contributed by atoms with Crippen LogP contribution >= 0.6 is 11.3 Å². The summed E-state index contributed by atoms with van der Waals surface area (Å²) >= 11 is 1.23. The predicted molar refractivity (Wildman–Crippen MR) is 129 cm³/mol. The number of benzene rings is 1. The number of carbonyl (C=O) groups excluding carboxylic acids is 1. The lowest BCUT2D eigenvalue weighted by atomic mass is 9.98. The molecule has 1 fully saturated rings. The average Bonchev–Trinajstić information content (AvgIpc) is 3.47. The van der Waals surface area contributed by atoms with Gasteiger partial charge in [0.1, 0.15) is 9.60 Å². The lowest BCUT2D eigenvalue weighted by Gasteiger charge is -2.31. The Hall–Kier alpha value is -3.35. The number of hydrogen-bond acceptors (Lipinski definition) is 7. The lowest BCUT2D eigenvalue weighted by molar-refractivity contribution is -0.120. The van der Waals surface area contributed by atoms with Crippen LogP contribution in [-0.2, 0) is 14.8 Å². The van der Waals surface area contributed by atoms with Gasteiger partial charge in [0.25, 0.3) is 15.6 Å². The number of aromatic nitrogens is 4. The Morgan fingerprint density at radius 2 is 2.06 bits per heavy atom. The third-order valence-electron chi connectivity index (χ3n) is 5.83. The van der Waals surface area contributed by atoms with Crippen LogP contribution in [0.25, 0.3) is 16.7 Å². The van der Waals surface area contributed by atoms with Crippen molar-refractivity contribution in [2.24, 2.45) is 5.92 Å². The number of nitrogens with zero attached hydrogens (tertiary/aromatic N) is 4. The van der Waals surface area contributed by atoms with Crippen molar-refractivity contribution in [3.63, 3.8) is 0 Å². The van der Waals surface area contributed by atoms with Crippen LogP contribution in [0.1, 0.15) is 17.7 Å². The van der Waals surface area contributed by atoms with E-state index in [4.69, 9.17) is 0 Å². The smallest absolute Gasteiger partial charge is 0.261 e. The molecule has 176 valence electrons. The first-order valence-electron chi connectivity index (χ1n) is 10.7. The van der Waals surface area contributed by atoms with Gasteiger partial charge < -0.3 is 10.3 Å². The largest absolute Gasteiger partial charge is 0.324 e. The number of amides is 1. The van der Waals surface area contributed by atoms with Gasteiger partial charge in [-0.25, -0.2) is 18.1 Å². The number of para-hydroxylation sites is 2. The highest BCUT2D eigenvalue weighted by Gasteiger charge is 2.34. The van der Waals surface area contributed by atoms with E-state index >= 15 is 0 Å². The summed E-state index contributed by atoms with van der Waals surface area (Å²) in [6, 6.07) is 10.5. The maximum Gasteiger partial charge on any atom is 0.261 e. The van der Waals surface area contributed by atoms with Gasteiger partial charge in [-0.2, -0.15) is 9.40 Å². The molecule has 4 aromatic rings. The first-order chi connectivity index (χ1) is 16.3. The minimum absolute atomic E-state index is 0.120. The van der Waals surface area contributed by atoms with Crippen LogP contribution in [-0.4, -0.2) is 51.5 Å². The minimum atomic E-state index is -3.64. The van der Waals surface area contributed by atoms with Gasteiger partial charge in [0.2, 0.25) is 5.91 Å². The van der Waals surface area contributed by atoms with Crippen LogP contribution in [0.4, 0.5) is 5.69 Å². The molecule has 1 amide bonds. The topological polar surface area (TPSA) is 130 Å². The Morgan fingerprint density at radius 1 is 1.24 bits per heavy atom. The zero-order chi connectivity index (χ0) is 23.9. The van der Waals surface area contributed by atoms with Crippen LogP contribution in [0.3, 0.4) is 0 Å². The molecule has 3 aromatic heterocycles. The van der Waals surface area contributed by atoms with E-state index in [-0.39, 0.29) is 18.0 Å². The van der Waals surface area contributed by atoms with Crippen molar-refractivity contribution in [3.8, 4) is 5.69 Å². The Labute approximate surface area is 199 Å². The number of fused-ring (bicyclic) bond motifs is 1. The maximum absolute atomic E-state index is 13.2. The monoisotopic (exact) mass is 498 g/mol. The molecule has 1 aliphatic rings. The van der Waals surface area contributed by atoms with Crippen LogP contribution in [0, 0.1) is 12.8 Å². The highest BCUT2D eigenvalue weighted by atomic mass is 32.2. The number of hydrogen-bond donors (Lipinski definition) is 2. The SMILES string of the molecule is Cc1ccc(S(=O)(=O)N2CCCC(C(=O)Nc3ccccc3-n3ncc4c(=O)[nH]cnc43)C2)s1. The molecule has 0 bridgehead atoms. The van der Waals surface area contributed by atoms with E-state index in [0.717, 1.165) is 4.88 Å². The minimum Gasteiger partial charge on any atom is -0.324 e. The molecule has 0 aliphatic carbocycles. The highest BCUT2D eigenvalue weighted by molar-refractivity contribution is 7.91. The fraction of sp³-hybridized carbons (Fsp3) is 0.273. The molecule has 5 rings (SSSR count). The second kappa shape index (κ2) is 8.78. The fourth-order valence-electron chi connectivity index (χ4n) is 4.08. The summed E-state index contributed by atoms with van der Waals surface area (Å²) in [5.41, 5.74) is 1.11. The number of sulfonamides is 1. The van der Waals surface area contributed by atoms with Gasteiger partial charge >= 0.3 is 0 Å². The molecule has 34 heavy (non-hydrogen) atoms.